The topological polar surface area (TPSA) is 72.5 Å². The van der Waals surface area contributed by atoms with E-state index in [0.717, 1.165) is 18.8 Å². The zero-order valence-electron chi connectivity index (χ0n) is 17.5. The minimum absolute atomic E-state index is 0.112. The van der Waals surface area contributed by atoms with Crippen molar-refractivity contribution < 1.29 is 13.9 Å². The zero-order valence-corrected chi connectivity index (χ0v) is 18.3. The number of aromatic nitrogens is 2. The minimum Gasteiger partial charge on any atom is -0.463 e. The first kappa shape index (κ1) is 20.7. The van der Waals surface area contributed by atoms with Gasteiger partial charge in [0.25, 0.3) is 5.91 Å². The summed E-state index contributed by atoms with van der Waals surface area (Å²) in [5, 5.41) is 9.87. The Hall–Kier alpha value is -3.20. The number of nitrogens with zero attached hydrogens (tertiary/aromatic N) is 3. The van der Waals surface area contributed by atoms with Crippen molar-refractivity contribution in [1.29, 1.82) is 0 Å². The second kappa shape index (κ2) is 9.52. The number of hydrogen-bond donors (Lipinski definition) is 1. The smallest absolute Gasteiger partial charge is 0.270 e. The lowest BCUT2D eigenvalue weighted by Gasteiger charge is -2.34. The number of furan rings is 1. The van der Waals surface area contributed by atoms with Gasteiger partial charge in [-0.1, -0.05) is 24.3 Å². The summed E-state index contributed by atoms with van der Waals surface area (Å²) < 4.78 is 12.7. The van der Waals surface area contributed by atoms with Crippen LogP contribution in [0.3, 0.4) is 0 Å². The molecule has 3 aromatic heterocycles. The van der Waals surface area contributed by atoms with Crippen molar-refractivity contribution in [1.82, 2.24) is 20.0 Å². The number of rotatable bonds is 7. The van der Waals surface area contributed by atoms with Gasteiger partial charge < -0.3 is 14.5 Å². The first-order valence-corrected chi connectivity index (χ1v) is 11.5. The maximum absolute atomic E-state index is 13.3. The number of amides is 1. The van der Waals surface area contributed by atoms with Crippen molar-refractivity contribution in [2.45, 2.75) is 6.04 Å². The Kier molecular flexibility index (Phi) is 6.15. The van der Waals surface area contributed by atoms with E-state index in [1.54, 1.807) is 28.3 Å². The van der Waals surface area contributed by atoms with Gasteiger partial charge in [0.15, 0.2) is 5.76 Å². The van der Waals surface area contributed by atoms with Crippen LogP contribution >= 0.6 is 11.3 Å². The van der Waals surface area contributed by atoms with Gasteiger partial charge in [-0.25, -0.2) is 4.68 Å². The van der Waals surface area contributed by atoms with Gasteiger partial charge in [0.2, 0.25) is 0 Å². The number of ether oxygens (including phenoxy) is 1. The third-order valence-corrected chi connectivity index (χ3v) is 6.50. The van der Waals surface area contributed by atoms with E-state index in [4.69, 9.17) is 9.15 Å². The van der Waals surface area contributed by atoms with Crippen LogP contribution < -0.4 is 5.32 Å². The monoisotopic (exact) mass is 448 g/mol. The van der Waals surface area contributed by atoms with Crippen LogP contribution in [-0.2, 0) is 4.74 Å². The summed E-state index contributed by atoms with van der Waals surface area (Å²) in [4.78, 5) is 16.9. The molecule has 4 heterocycles. The molecule has 1 N–H and O–H groups in total. The van der Waals surface area contributed by atoms with Crippen molar-refractivity contribution in [3.63, 3.8) is 0 Å². The van der Waals surface area contributed by atoms with Crippen molar-refractivity contribution in [2.24, 2.45) is 0 Å². The normalized spacial score (nSPS) is 15.5. The molecule has 0 spiro atoms. The van der Waals surface area contributed by atoms with Crippen LogP contribution in [0.5, 0.6) is 0 Å². The van der Waals surface area contributed by atoms with Crippen LogP contribution in [0, 0.1) is 0 Å². The molecule has 5 rings (SSSR count). The van der Waals surface area contributed by atoms with E-state index >= 15 is 0 Å². The van der Waals surface area contributed by atoms with Gasteiger partial charge in [0.05, 0.1) is 31.2 Å². The number of morpholine rings is 1. The number of hydrogen-bond acceptors (Lipinski definition) is 6. The second-order valence-electron chi connectivity index (χ2n) is 7.53. The van der Waals surface area contributed by atoms with Gasteiger partial charge >= 0.3 is 0 Å². The van der Waals surface area contributed by atoms with E-state index in [1.165, 1.54) is 4.88 Å². The molecule has 0 bridgehead atoms. The van der Waals surface area contributed by atoms with Gasteiger partial charge in [-0.05, 0) is 35.7 Å². The number of nitrogens with one attached hydrogen (secondary N) is 1. The number of carbonyl (C=O) groups is 1. The van der Waals surface area contributed by atoms with E-state index < -0.39 is 0 Å². The van der Waals surface area contributed by atoms with E-state index in [9.17, 15) is 4.79 Å². The van der Waals surface area contributed by atoms with Gasteiger partial charge in [0, 0.05) is 30.6 Å². The highest BCUT2D eigenvalue weighted by Crippen LogP contribution is 2.26. The van der Waals surface area contributed by atoms with Crippen molar-refractivity contribution in [3.05, 3.63) is 82.9 Å². The molecule has 1 saturated heterocycles. The summed E-state index contributed by atoms with van der Waals surface area (Å²) in [6.45, 7) is 3.63. The predicted octanol–water partition coefficient (Wildman–Crippen LogP) is 4.00. The third-order valence-electron chi connectivity index (χ3n) is 5.53. The molecule has 4 aromatic rings. The Morgan fingerprint density at radius 2 is 1.94 bits per heavy atom. The molecule has 1 atom stereocenters. The number of para-hydroxylation sites is 1. The van der Waals surface area contributed by atoms with Crippen LogP contribution in [0.15, 0.2) is 76.7 Å². The summed E-state index contributed by atoms with van der Waals surface area (Å²) in [5.41, 5.74) is 1.90. The number of thiophene rings is 1. The lowest BCUT2D eigenvalue weighted by atomic mass is 10.2. The molecule has 0 saturated carbocycles. The highest BCUT2D eigenvalue weighted by atomic mass is 32.1. The molecule has 164 valence electrons. The van der Waals surface area contributed by atoms with E-state index in [1.807, 2.05) is 42.5 Å². The largest absolute Gasteiger partial charge is 0.463 e. The molecule has 1 fully saturated rings. The molecule has 8 heteroatoms. The molecule has 0 radical (unpaired) electrons. The predicted molar refractivity (Wildman–Crippen MR) is 123 cm³/mol. The van der Waals surface area contributed by atoms with Crippen LogP contribution in [0.2, 0.25) is 0 Å². The van der Waals surface area contributed by atoms with Gasteiger partial charge in [-0.15, -0.1) is 11.3 Å². The molecule has 1 amide bonds. The molecule has 1 unspecified atom stereocenters. The average Bonchev–Trinajstić information content (AvgIpc) is 3.62. The zero-order chi connectivity index (χ0) is 21.8. The van der Waals surface area contributed by atoms with Crippen molar-refractivity contribution in [2.75, 3.05) is 32.8 Å². The molecule has 7 nitrogen and oxygen atoms in total. The lowest BCUT2D eigenvalue weighted by Crippen LogP contribution is -2.43. The Bertz CT molecular complexity index is 1130. The molecule has 32 heavy (non-hydrogen) atoms. The average molecular weight is 449 g/mol. The Balaban J connectivity index is 1.40. The quantitative estimate of drug-likeness (QED) is 0.463. The second-order valence-corrected chi connectivity index (χ2v) is 8.51. The highest BCUT2D eigenvalue weighted by molar-refractivity contribution is 7.10. The third kappa shape index (κ3) is 4.38. The summed E-state index contributed by atoms with van der Waals surface area (Å²) in [6, 6.07) is 19.4. The maximum atomic E-state index is 13.3. The van der Waals surface area contributed by atoms with Crippen LogP contribution in [0.1, 0.15) is 21.4 Å². The van der Waals surface area contributed by atoms with Crippen molar-refractivity contribution in [3.8, 4) is 17.1 Å². The first-order chi connectivity index (χ1) is 15.8. The fourth-order valence-electron chi connectivity index (χ4n) is 3.91. The molecule has 1 aliphatic heterocycles. The van der Waals surface area contributed by atoms with Gasteiger partial charge in [0.1, 0.15) is 11.4 Å². The molecule has 1 aromatic carbocycles. The van der Waals surface area contributed by atoms with Gasteiger partial charge in [-0.2, -0.15) is 5.10 Å². The van der Waals surface area contributed by atoms with Crippen LogP contribution in [-0.4, -0.2) is 53.4 Å². The maximum Gasteiger partial charge on any atom is 0.270 e. The molecule has 0 aliphatic carbocycles. The standard InChI is InChI=1S/C24H24N4O3S/c29-24(25-17-21(23-9-5-15-32-23)27-10-13-30-14-11-27)20-16-19(22-8-4-12-31-22)26-28(20)18-6-2-1-3-7-18/h1-9,12,15-16,21H,10-11,13-14,17H2,(H,25,29). The minimum atomic E-state index is -0.172. The molecule has 1 aliphatic rings. The Labute approximate surface area is 190 Å². The lowest BCUT2D eigenvalue weighted by molar-refractivity contribution is 0.0169. The van der Waals surface area contributed by atoms with E-state index in [0.29, 0.717) is 36.9 Å². The van der Waals surface area contributed by atoms with Crippen molar-refractivity contribution >= 4 is 17.2 Å². The van der Waals surface area contributed by atoms with Crippen LogP contribution in [0.4, 0.5) is 0 Å². The number of carbonyl (C=O) groups excluding carboxylic acids is 1. The highest BCUT2D eigenvalue weighted by Gasteiger charge is 2.25. The molecular weight excluding hydrogens is 424 g/mol. The molecular formula is C24H24N4O3S. The summed E-state index contributed by atoms with van der Waals surface area (Å²) in [6.07, 6.45) is 1.60. The van der Waals surface area contributed by atoms with Crippen LogP contribution in [0.25, 0.3) is 17.1 Å². The summed E-state index contributed by atoms with van der Waals surface area (Å²) in [5.74, 6) is 0.451. The first-order valence-electron chi connectivity index (χ1n) is 10.6. The van der Waals surface area contributed by atoms with Gasteiger partial charge in [-0.3, -0.25) is 9.69 Å². The Morgan fingerprint density at radius 3 is 2.66 bits per heavy atom. The SMILES string of the molecule is O=C(NCC(c1cccs1)N1CCOCC1)c1cc(-c2ccco2)nn1-c1ccccc1. The fourth-order valence-corrected chi connectivity index (χ4v) is 4.77. The Morgan fingerprint density at radius 1 is 1.09 bits per heavy atom. The van der Waals surface area contributed by atoms with E-state index in [-0.39, 0.29) is 11.9 Å². The fraction of sp³-hybridized carbons (Fsp3) is 0.250. The van der Waals surface area contributed by atoms with E-state index in [2.05, 4.69) is 32.8 Å². The number of benzene rings is 1. The summed E-state index contributed by atoms with van der Waals surface area (Å²) in [7, 11) is 0. The summed E-state index contributed by atoms with van der Waals surface area (Å²) >= 11 is 1.71.